The molecule has 0 saturated carbocycles. The van der Waals surface area contributed by atoms with Gasteiger partial charge in [0, 0.05) is 34.3 Å². The highest BCUT2D eigenvalue weighted by Gasteiger charge is 2.32. The molecule has 0 fully saturated rings. The molecule has 6 rings (SSSR count). The summed E-state index contributed by atoms with van der Waals surface area (Å²) in [7, 11) is 0. The maximum absolute atomic E-state index is 13.3. The Labute approximate surface area is 181 Å². The number of hydrogen-bond donors (Lipinski definition) is 1. The predicted octanol–water partition coefficient (Wildman–Crippen LogP) is 6.04. The van der Waals surface area contributed by atoms with Gasteiger partial charge in [0.1, 0.15) is 5.58 Å². The molecule has 154 valence electrons. The standard InChI is InChI=1S/C26H16N2O4/c29-26-24-23(19-10-3-4-11-21(19)32-26)22-18-9-2-1-6-15(18)12-13-20(22)27-25(24)16-7-5-8-17(14-16)28(30)31/h1-14,25,27H. The molecule has 4 aromatic carbocycles. The quantitative estimate of drug-likeness (QED) is 0.214. The molecule has 0 radical (unpaired) electrons. The number of nitro groups is 1. The van der Waals surface area contributed by atoms with Crippen LogP contribution in [-0.4, -0.2) is 4.92 Å². The van der Waals surface area contributed by atoms with E-state index in [2.05, 4.69) is 5.32 Å². The van der Waals surface area contributed by atoms with E-state index >= 15 is 0 Å². The van der Waals surface area contributed by atoms with Gasteiger partial charge in [0.25, 0.3) is 5.69 Å². The lowest BCUT2D eigenvalue weighted by atomic mass is 9.83. The van der Waals surface area contributed by atoms with Crippen molar-refractivity contribution in [2.75, 3.05) is 5.32 Å². The van der Waals surface area contributed by atoms with Crippen LogP contribution in [-0.2, 0) is 0 Å². The first-order valence-corrected chi connectivity index (χ1v) is 10.2. The van der Waals surface area contributed by atoms with Crippen LogP contribution in [0.5, 0.6) is 0 Å². The summed E-state index contributed by atoms with van der Waals surface area (Å²) in [5.41, 5.74) is 3.71. The molecule has 1 atom stereocenters. The number of nitrogens with one attached hydrogen (secondary N) is 1. The Bertz CT molecular complexity index is 1620. The lowest BCUT2D eigenvalue weighted by Crippen LogP contribution is -2.25. The predicted molar refractivity (Wildman–Crippen MR) is 124 cm³/mol. The van der Waals surface area contributed by atoms with Gasteiger partial charge in [-0.15, -0.1) is 0 Å². The van der Waals surface area contributed by atoms with E-state index in [0.29, 0.717) is 16.7 Å². The number of rotatable bonds is 2. The Morgan fingerprint density at radius 2 is 1.62 bits per heavy atom. The van der Waals surface area contributed by atoms with Crippen LogP contribution in [0.4, 0.5) is 11.4 Å². The van der Waals surface area contributed by atoms with Crippen molar-refractivity contribution >= 4 is 33.1 Å². The summed E-state index contributed by atoms with van der Waals surface area (Å²) < 4.78 is 5.69. The maximum atomic E-state index is 13.3. The van der Waals surface area contributed by atoms with Crippen LogP contribution < -0.4 is 10.9 Å². The number of non-ortho nitro benzene ring substituents is 1. The van der Waals surface area contributed by atoms with Crippen LogP contribution in [0.2, 0.25) is 0 Å². The first kappa shape index (κ1) is 18.3. The Balaban J connectivity index is 1.74. The second-order valence-electron chi connectivity index (χ2n) is 7.81. The van der Waals surface area contributed by atoms with E-state index in [0.717, 1.165) is 33.0 Å². The van der Waals surface area contributed by atoms with Gasteiger partial charge in [0.2, 0.25) is 0 Å². The monoisotopic (exact) mass is 420 g/mol. The van der Waals surface area contributed by atoms with E-state index in [1.807, 2.05) is 54.6 Å². The molecule has 5 aromatic rings. The number of benzene rings is 4. The minimum atomic E-state index is -0.584. The minimum absolute atomic E-state index is 0.0275. The molecular formula is C26H16N2O4. The third kappa shape index (κ3) is 2.63. The van der Waals surface area contributed by atoms with Crippen LogP contribution in [0.25, 0.3) is 32.9 Å². The van der Waals surface area contributed by atoms with E-state index in [1.165, 1.54) is 12.1 Å². The van der Waals surface area contributed by atoms with Crippen molar-refractivity contribution in [3.63, 3.8) is 0 Å². The fourth-order valence-electron chi connectivity index (χ4n) is 4.65. The molecule has 1 aliphatic heterocycles. The zero-order chi connectivity index (χ0) is 21.8. The van der Waals surface area contributed by atoms with Crippen molar-refractivity contribution in [1.82, 2.24) is 0 Å². The second kappa shape index (κ2) is 6.78. The van der Waals surface area contributed by atoms with E-state index < -0.39 is 16.6 Å². The van der Waals surface area contributed by atoms with Crippen molar-refractivity contribution in [2.24, 2.45) is 0 Å². The third-order valence-electron chi connectivity index (χ3n) is 6.03. The topological polar surface area (TPSA) is 85.4 Å². The SMILES string of the molecule is O=c1oc2ccccc2c2c1C(c1cccc([N+](=O)[O-])c1)Nc1ccc3ccccc3c1-2. The van der Waals surface area contributed by atoms with Gasteiger partial charge in [-0.3, -0.25) is 10.1 Å². The van der Waals surface area contributed by atoms with Crippen molar-refractivity contribution in [3.8, 4) is 11.1 Å². The van der Waals surface area contributed by atoms with Crippen molar-refractivity contribution in [2.45, 2.75) is 6.04 Å². The fourth-order valence-corrected chi connectivity index (χ4v) is 4.65. The Morgan fingerprint density at radius 1 is 0.844 bits per heavy atom. The highest BCUT2D eigenvalue weighted by Crippen LogP contribution is 2.48. The van der Waals surface area contributed by atoms with E-state index in [-0.39, 0.29) is 5.69 Å². The lowest BCUT2D eigenvalue weighted by molar-refractivity contribution is -0.384. The lowest BCUT2D eigenvalue weighted by Gasteiger charge is -2.30. The Kier molecular flexibility index (Phi) is 3.89. The molecule has 6 heteroatoms. The van der Waals surface area contributed by atoms with Gasteiger partial charge in [0.15, 0.2) is 0 Å². The third-order valence-corrected chi connectivity index (χ3v) is 6.03. The average molecular weight is 420 g/mol. The minimum Gasteiger partial charge on any atom is -0.422 e. The highest BCUT2D eigenvalue weighted by molar-refractivity contribution is 6.11. The molecule has 0 bridgehead atoms. The van der Waals surface area contributed by atoms with Crippen LogP contribution in [0.3, 0.4) is 0 Å². The smallest absolute Gasteiger partial charge is 0.342 e. The molecule has 0 saturated heterocycles. The summed E-state index contributed by atoms with van der Waals surface area (Å²) in [5, 5.41) is 17.7. The fraction of sp³-hybridized carbons (Fsp3) is 0.0385. The molecule has 1 unspecified atom stereocenters. The van der Waals surface area contributed by atoms with Crippen LogP contribution in [0, 0.1) is 10.1 Å². The first-order chi connectivity index (χ1) is 15.6. The summed E-state index contributed by atoms with van der Waals surface area (Å²) >= 11 is 0. The summed E-state index contributed by atoms with van der Waals surface area (Å²) in [5.74, 6) is 0. The zero-order valence-corrected chi connectivity index (χ0v) is 16.7. The van der Waals surface area contributed by atoms with Gasteiger partial charge in [0.05, 0.1) is 16.5 Å². The van der Waals surface area contributed by atoms with Gasteiger partial charge >= 0.3 is 5.63 Å². The van der Waals surface area contributed by atoms with Crippen LogP contribution in [0.15, 0.2) is 94.1 Å². The highest BCUT2D eigenvalue weighted by atomic mass is 16.6. The maximum Gasteiger partial charge on any atom is 0.342 e. The van der Waals surface area contributed by atoms with Gasteiger partial charge in [-0.25, -0.2) is 4.79 Å². The van der Waals surface area contributed by atoms with Gasteiger partial charge in [-0.05, 0) is 28.5 Å². The number of nitro benzene ring substituents is 1. The van der Waals surface area contributed by atoms with Crippen molar-refractivity contribution < 1.29 is 9.34 Å². The summed E-state index contributed by atoms with van der Waals surface area (Å²) in [6.07, 6.45) is 0. The summed E-state index contributed by atoms with van der Waals surface area (Å²) in [4.78, 5) is 24.2. The van der Waals surface area contributed by atoms with Crippen LogP contribution in [0.1, 0.15) is 17.2 Å². The molecule has 1 N–H and O–H groups in total. The number of para-hydroxylation sites is 1. The van der Waals surface area contributed by atoms with Crippen LogP contribution >= 0.6 is 0 Å². The van der Waals surface area contributed by atoms with Crippen molar-refractivity contribution in [1.29, 1.82) is 0 Å². The number of nitrogens with zero attached hydrogens (tertiary/aromatic N) is 1. The van der Waals surface area contributed by atoms with Gasteiger partial charge in [-0.1, -0.05) is 60.7 Å². The summed E-state index contributed by atoms with van der Waals surface area (Å²) in [6, 6.07) is 25.3. The molecule has 2 heterocycles. The molecular weight excluding hydrogens is 404 g/mol. The zero-order valence-electron chi connectivity index (χ0n) is 16.7. The largest absolute Gasteiger partial charge is 0.422 e. The Morgan fingerprint density at radius 3 is 2.47 bits per heavy atom. The second-order valence-corrected chi connectivity index (χ2v) is 7.81. The Hall–Kier alpha value is -4.45. The molecule has 0 spiro atoms. The average Bonchev–Trinajstić information content (AvgIpc) is 2.83. The molecule has 0 aliphatic carbocycles. The molecule has 0 amide bonds. The van der Waals surface area contributed by atoms with Gasteiger partial charge in [-0.2, -0.15) is 0 Å². The number of fused-ring (bicyclic) bond motifs is 7. The first-order valence-electron chi connectivity index (χ1n) is 10.2. The summed E-state index contributed by atoms with van der Waals surface area (Å²) in [6.45, 7) is 0. The normalized spacial score (nSPS) is 14.6. The van der Waals surface area contributed by atoms with Crippen molar-refractivity contribution in [3.05, 3.63) is 117 Å². The number of anilines is 1. The van der Waals surface area contributed by atoms with E-state index in [4.69, 9.17) is 4.42 Å². The molecule has 32 heavy (non-hydrogen) atoms. The molecule has 6 nitrogen and oxygen atoms in total. The number of hydrogen-bond acceptors (Lipinski definition) is 5. The molecule has 1 aromatic heterocycles. The van der Waals surface area contributed by atoms with Gasteiger partial charge < -0.3 is 9.73 Å². The molecule has 1 aliphatic rings. The van der Waals surface area contributed by atoms with E-state index in [9.17, 15) is 14.9 Å². The van der Waals surface area contributed by atoms with E-state index in [1.54, 1.807) is 18.2 Å².